The summed E-state index contributed by atoms with van der Waals surface area (Å²) in [6.07, 6.45) is 3.40. The largest absolute Gasteiger partial charge is 0.496 e. The first kappa shape index (κ1) is 11.2. The van der Waals surface area contributed by atoms with Gasteiger partial charge in [0.25, 0.3) is 0 Å². The predicted octanol–water partition coefficient (Wildman–Crippen LogP) is 1.87. The first-order valence-corrected chi connectivity index (χ1v) is 5.01. The van der Waals surface area contributed by atoms with E-state index in [0.717, 1.165) is 11.1 Å². The Balaban J connectivity index is 2.51. The molecule has 0 atom stereocenters. The van der Waals surface area contributed by atoms with Crippen molar-refractivity contribution in [2.24, 2.45) is 0 Å². The minimum absolute atomic E-state index is 0.377. The van der Waals surface area contributed by atoms with Gasteiger partial charge in [-0.2, -0.15) is 5.10 Å². The number of hydrogen-bond acceptors (Lipinski definition) is 4. The van der Waals surface area contributed by atoms with Gasteiger partial charge in [-0.25, -0.2) is 4.79 Å². The van der Waals surface area contributed by atoms with E-state index in [4.69, 9.17) is 4.74 Å². The smallest absolute Gasteiger partial charge is 0.337 e. The molecule has 0 aliphatic rings. The van der Waals surface area contributed by atoms with Gasteiger partial charge >= 0.3 is 5.97 Å². The summed E-state index contributed by atoms with van der Waals surface area (Å²) >= 11 is 0. The van der Waals surface area contributed by atoms with Gasteiger partial charge in [-0.05, 0) is 18.2 Å². The molecule has 1 N–H and O–H groups in total. The van der Waals surface area contributed by atoms with Crippen molar-refractivity contribution in [3.63, 3.8) is 0 Å². The number of carbonyl (C=O) groups is 1. The van der Waals surface area contributed by atoms with Crippen LogP contribution in [0.25, 0.3) is 11.1 Å². The molecule has 1 aromatic heterocycles. The molecule has 88 valence electrons. The molecule has 0 aliphatic heterocycles. The van der Waals surface area contributed by atoms with Crippen LogP contribution in [0.4, 0.5) is 0 Å². The van der Waals surface area contributed by atoms with Crippen molar-refractivity contribution < 1.29 is 14.3 Å². The number of H-pyrrole nitrogens is 1. The standard InChI is InChI=1S/C12H12N2O3/c1-16-11-4-3-8(12(15)17-2)5-10(11)9-6-13-14-7-9/h3-7H,1-2H3,(H,13,14). The maximum atomic E-state index is 11.4. The topological polar surface area (TPSA) is 64.2 Å². The summed E-state index contributed by atoms with van der Waals surface area (Å²) in [6, 6.07) is 5.11. The number of nitrogens with one attached hydrogen (secondary N) is 1. The van der Waals surface area contributed by atoms with Crippen molar-refractivity contribution in [3.05, 3.63) is 36.2 Å². The molecule has 0 aliphatic carbocycles. The molecule has 1 heterocycles. The highest BCUT2D eigenvalue weighted by atomic mass is 16.5. The highest BCUT2D eigenvalue weighted by Crippen LogP contribution is 2.30. The number of aromatic nitrogens is 2. The number of nitrogens with zero attached hydrogens (tertiary/aromatic N) is 1. The summed E-state index contributed by atoms with van der Waals surface area (Å²) in [4.78, 5) is 11.4. The van der Waals surface area contributed by atoms with Crippen LogP contribution >= 0.6 is 0 Å². The average Bonchev–Trinajstić information content (AvgIpc) is 2.90. The van der Waals surface area contributed by atoms with Crippen LogP contribution in [0, 0.1) is 0 Å². The van der Waals surface area contributed by atoms with E-state index in [1.165, 1.54) is 7.11 Å². The molecule has 0 spiro atoms. The SMILES string of the molecule is COC(=O)c1ccc(OC)c(-c2cn[nH]c2)c1. The van der Waals surface area contributed by atoms with Crippen LogP contribution in [0.3, 0.4) is 0 Å². The molecule has 0 amide bonds. The molecule has 0 bridgehead atoms. The number of carbonyl (C=O) groups excluding carboxylic acids is 1. The Kier molecular flexibility index (Phi) is 3.09. The quantitative estimate of drug-likeness (QED) is 0.820. The number of esters is 1. The fourth-order valence-corrected chi connectivity index (χ4v) is 1.58. The summed E-state index contributed by atoms with van der Waals surface area (Å²) in [5.41, 5.74) is 2.13. The minimum atomic E-state index is -0.377. The minimum Gasteiger partial charge on any atom is -0.496 e. The molecule has 0 saturated heterocycles. The fourth-order valence-electron chi connectivity index (χ4n) is 1.58. The summed E-state index contributed by atoms with van der Waals surface area (Å²) in [5, 5.41) is 6.59. The van der Waals surface area contributed by atoms with Gasteiger partial charge < -0.3 is 9.47 Å². The van der Waals surface area contributed by atoms with Crippen molar-refractivity contribution in [2.75, 3.05) is 14.2 Å². The number of ether oxygens (including phenoxy) is 2. The lowest BCUT2D eigenvalue weighted by Crippen LogP contribution is -2.01. The van der Waals surface area contributed by atoms with Gasteiger partial charge in [0.05, 0.1) is 26.0 Å². The maximum absolute atomic E-state index is 11.4. The molecule has 5 nitrogen and oxygen atoms in total. The fraction of sp³-hybridized carbons (Fsp3) is 0.167. The number of benzene rings is 1. The highest BCUT2D eigenvalue weighted by molar-refractivity contribution is 5.91. The lowest BCUT2D eigenvalue weighted by atomic mass is 10.0. The number of aromatic amines is 1. The zero-order valence-electron chi connectivity index (χ0n) is 9.56. The van der Waals surface area contributed by atoms with Gasteiger partial charge in [-0.3, -0.25) is 5.10 Å². The molecule has 1 aromatic carbocycles. The molecular formula is C12H12N2O3. The van der Waals surface area contributed by atoms with E-state index in [9.17, 15) is 4.79 Å². The van der Waals surface area contributed by atoms with Crippen LogP contribution in [-0.2, 0) is 4.74 Å². The Morgan fingerprint density at radius 1 is 1.35 bits per heavy atom. The average molecular weight is 232 g/mol. The molecule has 2 rings (SSSR count). The van der Waals surface area contributed by atoms with Crippen molar-refractivity contribution in [2.45, 2.75) is 0 Å². The summed E-state index contributed by atoms with van der Waals surface area (Å²) in [6.45, 7) is 0. The van der Waals surface area contributed by atoms with Crippen LogP contribution < -0.4 is 4.74 Å². The van der Waals surface area contributed by atoms with Gasteiger partial charge in [0.15, 0.2) is 0 Å². The van der Waals surface area contributed by atoms with Crippen LogP contribution in [0.5, 0.6) is 5.75 Å². The summed E-state index contributed by atoms with van der Waals surface area (Å²) < 4.78 is 9.92. The molecule has 0 unspecified atom stereocenters. The van der Waals surface area contributed by atoms with Gasteiger partial charge in [0.1, 0.15) is 5.75 Å². The van der Waals surface area contributed by atoms with E-state index < -0.39 is 0 Å². The molecule has 5 heteroatoms. The van der Waals surface area contributed by atoms with Crippen molar-refractivity contribution in [1.29, 1.82) is 0 Å². The lowest BCUT2D eigenvalue weighted by Gasteiger charge is -2.08. The van der Waals surface area contributed by atoms with E-state index in [2.05, 4.69) is 14.9 Å². The Hall–Kier alpha value is -2.30. The predicted molar refractivity (Wildman–Crippen MR) is 61.9 cm³/mol. The highest BCUT2D eigenvalue weighted by Gasteiger charge is 2.12. The Bertz CT molecular complexity index is 521. The number of methoxy groups -OCH3 is 2. The molecule has 0 radical (unpaired) electrons. The van der Waals surface area contributed by atoms with Gasteiger partial charge in [-0.1, -0.05) is 0 Å². The van der Waals surface area contributed by atoms with E-state index in [-0.39, 0.29) is 5.97 Å². The second-order valence-electron chi connectivity index (χ2n) is 3.39. The van der Waals surface area contributed by atoms with Crippen LogP contribution in [0.2, 0.25) is 0 Å². The normalized spacial score (nSPS) is 10.0. The molecule has 2 aromatic rings. The van der Waals surface area contributed by atoms with Gasteiger partial charge in [-0.15, -0.1) is 0 Å². The summed E-state index contributed by atoms with van der Waals surface area (Å²) in [7, 11) is 2.93. The number of rotatable bonds is 3. The molecule has 17 heavy (non-hydrogen) atoms. The van der Waals surface area contributed by atoms with E-state index in [1.807, 2.05) is 0 Å². The zero-order valence-corrected chi connectivity index (χ0v) is 9.56. The number of hydrogen-bond donors (Lipinski definition) is 1. The van der Waals surface area contributed by atoms with E-state index >= 15 is 0 Å². The second kappa shape index (κ2) is 4.69. The van der Waals surface area contributed by atoms with Gasteiger partial charge in [0.2, 0.25) is 0 Å². The second-order valence-corrected chi connectivity index (χ2v) is 3.39. The summed E-state index contributed by atoms with van der Waals surface area (Å²) in [5.74, 6) is 0.302. The first-order chi connectivity index (χ1) is 8.26. The van der Waals surface area contributed by atoms with Crippen molar-refractivity contribution >= 4 is 5.97 Å². The maximum Gasteiger partial charge on any atom is 0.337 e. The Morgan fingerprint density at radius 3 is 2.76 bits per heavy atom. The van der Waals surface area contributed by atoms with E-state index in [1.54, 1.807) is 37.7 Å². The van der Waals surface area contributed by atoms with Gasteiger partial charge in [0, 0.05) is 17.3 Å². The monoisotopic (exact) mass is 232 g/mol. The third kappa shape index (κ3) is 2.13. The molecule has 0 fully saturated rings. The Morgan fingerprint density at radius 2 is 2.18 bits per heavy atom. The van der Waals surface area contributed by atoms with Crippen molar-refractivity contribution in [3.8, 4) is 16.9 Å². The zero-order chi connectivity index (χ0) is 12.3. The third-order valence-electron chi connectivity index (χ3n) is 2.43. The van der Waals surface area contributed by atoms with Crippen LogP contribution in [-0.4, -0.2) is 30.4 Å². The van der Waals surface area contributed by atoms with Crippen LogP contribution in [0.1, 0.15) is 10.4 Å². The molecular weight excluding hydrogens is 220 g/mol. The van der Waals surface area contributed by atoms with E-state index in [0.29, 0.717) is 11.3 Å². The first-order valence-electron chi connectivity index (χ1n) is 5.01. The Labute approximate surface area is 98.4 Å². The van der Waals surface area contributed by atoms with Crippen LogP contribution in [0.15, 0.2) is 30.6 Å². The van der Waals surface area contributed by atoms with Crippen molar-refractivity contribution in [1.82, 2.24) is 10.2 Å². The third-order valence-corrected chi connectivity index (χ3v) is 2.43. The lowest BCUT2D eigenvalue weighted by molar-refractivity contribution is 0.0601. The molecule has 0 saturated carbocycles.